The van der Waals surface area contributed by atoms with Crippen molar-refractivity contribution in [1.82, 2.24) is 15.6 Å². The van der Waals surface area contributed by atoms with Gasteiger partial charge in [-0.2, -0.15) is 0 Å². The fourth-order valence-corrected chi connectivity index (χ4v) is 2.45. The number of benzene rings is 1. The minimum Gasteiger partial charge on any atom is -0.448 e. The van der Waals surface area contributed by atoms with Gasteiger partial charge < -0.3 is 20.4 Å². The molecule has 1 aromatic carbocycles. The summed E-state index contributed by atoms with van der Waals surface area (Å²) in [5, 5.41) is 6.27. The Morgan fingerprint density at radius 1 is 1.32 bits per heavy atom. The molecule has 1 heterocycles. The van der Waals surface area contributed by atoms with Gasteiger partial charge in [0.25, 0.3) is 0 Å². The van der Waals surface area contributed by atoms with Gasteiger partial charge in [0.2, 0.25) is 5.91 Å². The molecule has 0 aliphatic heterocycles. The summed E-state index contributed by atoms with van der Waals surface area (Å²) in [4.78, 5) is 27.6. The Hall–Kier alpha value is -2.94. The number of alkyl carbamates (subject to hydrolysis) is 1. The molecule has 0 spiro atoms. The molecule has 1 aromatic heterocycles. The highest BCUT2D eigenvalue weighted by molar-refractivity contribution is 5.92. The number of hydrogen-bond donors (Lipinski definition) is 3. The highest BCUT2D eigenvalue weighted by Gasteiger charge is 2.26. The van der Waals surface area contributed by atoms with Gasteiger partial charge in [0.05, 0.1) is 12.5 Å². The molecule has 6 heteroatoms. The molecular formula is C19H23N3O3. The minimum atomic E-state index is -0.657. The van der Waals surface area contributed by atoms with Crippen molar-refractivity contribution in [3.05, 3.63) is 36.0 Å². The van der Waals surface area contributed by atoms with Crippen molar-refractivity contribution in [3.8, 4) is 12.3 Å². The largest absolute Gasteiger partial charge is 0.448 e. The van der Waals surface area contributed by atoms with Gasteiger partial charge in [-0.25, -0.2) is 4.79 Å². The van der Waals surface area contributed by atoms with E-state index in [0.29, 0.717) is 0 Å². The van der Waals surface area contributed by atoms with Crippen molar-refractivity contribution in [2.24, 2.45) is 0 Å². The topological polar surface area (TPSA) is 83.2 Å². The Bertz CT molecular complexity index is 796. The van der Waals surface area contributed by atoms with Gasteiger partial charge in [-0.05, 0) is 32.4 Å². The van der Waals surface area contributed by atoms with Crippen LogP contribution >= 0.6 is 0 Å². The Morgan fingerprint density at radius 3 is 2.72 bits per heavy atom. The van der Waals surface area contributed by atoms with Crippen LogP contribution in [-0.2, 0) is 9.53 Å². The number of carbonyl (C=O) groups excluding carboxylic acids is 2. The predicted molar refractivity (Wildman–Crippen MR) is 97.1 cm³/mol. The first kappa shape index (κ1) is 18.4. The van der Waals surface area contributed by atoms with E-state index < -0.39 is 17.6 Å². The van der Waals surface area contributed by atoms with Crippen molar-refractivity contribution in [2.45, 2.75) is 32.2 Å². The molecule has 0 fully saturated rings. The molecule has 0 aliphatic rings. The third kappa shape index (κ3) is 5.01. The third-order valence-electron chi connectivity index (χ3n) is 3.54. The van der Waals surface area contributed by atoms with E-state index in [-0.39, 0.29) is 19.1 Å². The molecule has 0 saturated carbocycles. The van der Waals surface area contributed by atoms with Crippen LogP contribution in [0.4, 0.5) is 4.79 Å². The second-order valence-corrected chi connectivity index (χ2v) is 6.74. The van der Waals surface area contributed by atoms with Crippen LogP contribution in [0.2, 0.25) is 0 Å². The van der Waals surface area contributed by atoms with Crippen molar-refractivity contribution in [3.63, 3.8) is 0 Å². The van der Waals surface area contributed by atoms with E-state index in [9.17, 15) is 9.59 Å². The Kier molecular flexibility index (Phi) is 5.71. The number of para-hydroxylation sites is 1. The standard InChI is InChI=1S/C19H23N3O3/c1-5-10-20-17(23)15(12-25-18(24)22-19(2,3)4)14-11-21-16-9-7-6-8-13(14)16/h1,6-9,11,15,21H,10,12H2,2-4H3,(H,20,23)(H,22,24). The average Bonchev–Trinajstić information content (AvgIpc) is 2.95. The maximum absolute atomic E-state index is 12.5. The molecule has 3 N–H and O–H groups in total. The van der Waals surface area contributed by atoms with Gasteiger partial charge in [-0.1, -0.05) is 24.1 Å². The van der Waals surface area contributed by atoms with Crippen LogP contribution in [0.15, 0.2) is 30.5 Å². The first-order chi connectivity index (χ1) is 11.8. The fourth-order valence-electron chi connectivity index (χ4n) is 2.45. The molecule has 1 unspecified atom stereocenters. The molecule has 1 atom stereocenters. The van der Waals surface area contributed by atoms with Gasteiger partial charge in [0, 0.05) is 22.6 Å². The lowest BCUT2D eigenvalue weighted by molar-refractivity contribution is -0.123. The number of fused-ring (bicyclic) bond motifs is 1. The third-order valence-corrected chi connectivity index (χ3v) is 3.54. The molecule has 2 amide bonds. The Morgan fingerprint density at radius 2 is 2.04 bits per heavy atom. The zero-order valence-electron chi connectivity index (χ0n) is 14.7. The summed E-state index contributed by atoms with van der Waals surface area (Å²) in [5.74, 6) is 1.43. The smallest absolute Gasteiger partial charge is 0.407 e. The lowest BCUT2D eigenvalue weighted by Crippen LogP contribution is -2.42. The number of amides is 2. The van der Waals surface area contributed by atoms with Gasteiger partial charge in [0.1, 0.15) is 6.61 Å². The van der Waals surface area contributed by atoms with Crippen LogP contribution in [-0.4, -0.2) is 35.7 Å². The van der Waals surface area contributed by atoms with Gasteiger partial charge >= 0.3 is 6.09 Å². The zero-order chi connectivity index (χ0) is 18.4. The zero-order valence-corrected chi connectivity index (χ0v) is 14.7. The number of carbonyl (C=O) groups is 2. The SMILES string of the molecule is C#CCNC(=O)C(COC(=O)NC(C)(C)C)c1c[nH]c2ccccc12. The van der Waals surface area contributed by atoms with Gasteiger partial charge in [0.15, 0.2) is 0 Å². The van der Waals surface area contributed by atoms with Crippen molar-refractivity contribution >= 4 is 22.9 Å². The summed E-state index contributed by atoms with van der Waals surface area (Å²) in [6, 6.07) is 7.63. The van der Waals surface area contributed by atoms with E-state index in [1.54, 1.807) is 6.20 Å². The van der Waals surface area contributed by atoms with Crippen LogP contribution in [0.3, 0.4) is 0 Å². The fraction of sp³-hybridized carbons (Fsp3) is 0.368. The van der Waals surface area contributed by atoms with Crippen LogP contribution in [0.1, 0.15) is 32.3 Å². The molecule has 6 nitrogen and oxygen atoms in total. The molecule has 2 aromatic rings. The minimum absolute atomic E-state index is 0.0832. The molecular weight excluding hydrogens is 318 g/mol. The first-order valence-corrected chi connectivity index (χ1v) is 8.04. The molecule has 132 valence electrons. The van der Waals surface area contributed by atoms with Crippen LogP contribution < -0.4 is 10.6 Å². The second-order valence-electron chi connectivity index (χ2n) is 6.74. The van der Waals surface area contributed by atoms with Crippen LogP contribution in [0.5, 0.6) is 0 Å². The lowest BCUT2D eigenvalue weighted by Gasteiger charge is -2.21. The molecule has 25 heavy (non-hydrogen) atoms. The molecule has 0 radical (unpaired) electrons. The van der Waals surface area contributed by atoms with E-state index in [1.807, 2.05) is 45.0 Å². The number of ether oxygens (including phenoxy) is 1. The number of nitrogens with one attached hydrogen (secondary N) is 3. The van der Waals surface area contributed by atoms with E-state index in [1.165, 1.54) is 0 Å². The van der Waals surface area contributed by atoms with E-state index >= 15 is 0 Å². The Balaban J connectivity index is 2.20. The highest BCUT2D eigenvalue weighted by Crippen LogP contribution is 2.26. The number of H-pyrrole nitrogens is 1. The lowest BCUT2D eigenvalue weighted by atomic mass is 9.98. The van der Waals surface area contributed by atoms with E-state index in [4.69, 9.17) is 11.2 Å². The molecule has 0 bridgehead atoms. The normalized spacial score (nSPS) is 12.2. The van der Waals surface area contributed by atoms with Gasteiger partial charge in [-0.15, -0.1) is 6.42 Å². The first-order valence-electron chi connectivity index (χ1n) is 8.04. The number of terminal acetylenes is 1. The summed E-state index contributed by atoms with van der Waals surface area (Å²) >= 11 is 0. The summed E-state index contributed by atoms with van der Waals surface area (Å²) in [6.45, 7) is 5.59. The average molecular weight is 341 g/mol. The van der Waals surface area contributed by atoms with E-state index in [2.05, 4.69) is 21.5 Å². The highest BCUT2D eigenvalue weighted by atomic mass is 16.5. The van der Waals surface area contributed by atoms with Crippen molar-refractivity contribution < 1.29 is 14.3 Å². The summed E-state index contributed by atoms with van der Waals surface area (Å²) in [7, 11) is 0. The van der Waals surface area contributed by atoms with Crippen molar-refractivity contribution in [1.29, 1.82) is 0 Å². The number of aromatic nitrogens is 1. The number of hydrogen-bond acceptors (Lipinski definition) is 3. The summed E-state index contributed by atoms with van der Waals surface area (Å²) < 4.78 is 5.28. The number of aromatic amines is 1. The van der Waals surface area contributed by atoms with Gasteiger partial charge in [-0.3, -0.25) is 4.79 Å². The summed E-state index contributed by atoms with van der Waals surface area (Å²) in [6.07, 6.45) is 6.40. The van der Waals surface area contributed by atoms with Crippen LogP contribution in [0.25, 0.3) is 10.9 Å². The van der Waals surface area contributed by atoms with Crippen LogP contribution in [0, 0.1) is 12.3 Å². The molecule has 2 rings (SSSR count). The van der Waals surface area contributed by atoms with E-state index in [0.717, 1.165) is 16.5 Å². The second kappa shape index (κ2) is 7.75. The monoisotopic (exact) mass is 341 g/mol. The summed E-state index contributed by atoms with van der Waals surface area (Å²) in [5.41, 5.74) is 1.25. The predicted octanol–water partition coefficient (Wildman–Crippen LogP) is 2.53. The molecule has 0 saturated heterocycles. The quantitative estimate of drug-likeness (QED) is 0.731. The Labute approximate surface area is 147 Å². The maximum atomic E-state index is 12.5. The number of rotatable bonds is 5. The van der Waals surface area contributed by atoms with Crippen molar-refractivity contribution in [2.75, 3.05) is 13.2 Å². The maximum Gasteiger partial charge on any atom is 0.407 e. The molecule has 0 aliphatic carbocycles.